The molecular weight excluding hydrogens is 294 g/mol. The third kappa shape index (κ3) is 2.70. The molecule has 4 heteroatoms. The SMILES string of the molecule is Cc1ccc(-c2ccc(S(C)(=O)=O)cc2)n1-c1[c]cccc1. The molecule has 0 saturated carbocycles. The average Bonchev–Trinajstić information content (AvgIpc) is 2.89. The maximum absolute atomic E-state index is 11.6. The highest BCUT2D eigenvalue weighted by Gasteiger charge is 2.11. The third-order valence-corrected chi connectivity index (χ3v) is 4.72. The van der Waals surface area contributed by atoms with E-state index in [-0.39, 0.29) is 0 Å². The minimum atomic E-state index is -3.17. The van der Waals surface area contributed by atoms with E-state index < -0.39 is 9.84 Å². The van der Waals surface area contributed by atoms with Crippen LogP contribution in [0.3, 0.4) is 0 Å². The third-order valence-electron chi connectivity index (χ3n) is 3.59. The van der Waals surface area contributed by atoms with E-state index in [9.17, 15) is 8.42 Å². The summed E-state index contributed by atoms with van der Waals surface area (Å²) in [4.78, 5) is 0.331. The zero-order chi connectivity index (χ0) is 15.7. The molecule has 0 aliphatic rings. The number of nitrogens with zero attached hydrogens (tertiary/aromatic N) is 1. The van der Waals surface area contributed by atoms with Gasteiger partial charge in [0.15, 0.2) is 9.84 Å². The molecular formula is C18H16NO2S. The van der Waals surface area contributed by atoms with E-state index in [1.807, 2.05) is 55.5 Å². The van der Waals surface area contributed by atoms with Crippen molar-refractivity contribution in [1.29, 1.82) is 0 Å². The Bertz CT molecular complexity index is 892. The van der Waals surface area contributed by atoms with Crippen molar-refractivity contribution in [3.8, 4) is 16.9 Å². The predicted molar refractivity (Wildman–Crippen MR) is 87.9 cm³/mol. The summed E-state index contributed by atoms with van der Waals surface area (Å²) in [6, 6.07) is 22.1. The second-order valence-corrected chi connectivity index (χ2v) is 7.26. The fourth-order valence-corrected chi connectivity index (χ4v) is 3.11. The minimum Gasteiger partial charge on any atom is -0.313 e. The molecule has 0 saturated heterocycles. The van der Waals surface area contributed by atoms with E-state index in [1.54, 1.807) is 12.1 Å². The standard InChI is InChI=1S/C18H16NO2S/c1-14-8-13-18(19(14)16-6-4-3-5-7-16)15-9-11-17(12-10-15)22(2,20)21/h3-6,8-13H,1-2H3. The quantitative estimate of drug-likeness (QED) is 0.740. The van der Waals surface area contributed by atoms with Gasteiger partial charge in [0.05, 0.1) is 16.3 Å². The van der Waals surface area contributed by atoms with E-state index in [0.717, 1.165) is 22.6 Å². The first-order chi connectivity index (χ1) is 10.5. The largest absolute Gasteiger partial charge is 0.313 e. The van der Waals surface area contributed by atoms with Gasteiger partial charge in [0.25, 0.3) is 0 Å². The normalized spacial score (nSPS) is 11.5. The van der Waals surface area contributed by atoms with Gasteiger partial charge in [-0.2, -0.15) is 0 Å². The zero-order valence-electron chi connectivity index (χ0n) is 12.4. The van der Waals surface area contributed by atoms with Crippen LogP contribution in [-0.4, -0.2) is 19.2 Å². The maximum atomic E-state index is 11.6. The number of rotatable bonds is 3. The van der Waals surface area contributed by atoms with Crippen molar-refractivity contribution < 1.29 is 8.42 Å². The van der Waals surface area contributed by atoms with Crippen LogP contribution in [0, 0.1) is 13.0 Å². The molecule has 0 aliphatic carbocycles. The highest BCUT2D eigenvalue weighted by molar-refractivity contribution is 7.90. The number of aryl methyl sites for hydroxylation is 1. The molecule has 0 N–H and O–H groups in total. The Morgan fingerprint density at radius 2 is 1.68 bits per heavy atom. The average molecular weight is 310 g/mol. The van der Waals surface area contributed by atoms with Gasteiger partial charge in [0.2, 0.25) is 0 Å². The van der Waals surface area contributed by atoms with Gasteiger partial charge >= 0.3 is 0 Å². The summed E-state index contributed by atoms with van der Waals surface area (Å²) in [5, 5.41) is 0. The van der Waals surface area contributed by atoms with Crippen molar-refractivity contribution in [1.82, 2.24) is 4.57 Å². The molecule has 111 valence electrons. The summed E-state index contributed by atoms with van der Waals surface area (Å²) in [7, 11) is -3.17. The van der Waals surface area contributed by atoms with Crippen molar-refractivity contribution >= 4 is 9.84 Å². The first-order valence-corrected chi connectivity index (χ1v) is 8.82. The lowest BCUT2D eigenvalue weighted by molar-refractivity contribution is 0.602. The molecule has 0 amide bonds. The molecule has 0 fully saturated rings. The maximum Gasteiger partial charge on any atom is 0.175 e. The highest BCUT2D eigenvalue weighted by atomic mass is 32.2. The van der Waals surface area contributed by atoms with Crippen LogP contribution < -0.4 is 0 Å². The summed E-state index contributed by atoms with van der Waals surface area (Å²) < 4.78 is 25.2. The molecule has 3 nitrogen and oxygen atoms in total. The zero-order valence-corrected chi connectivity index (χ0v) is 13.3. The Morgan fingerprint density at radius 1 is 0.955 bits per heavy atom. The van der Waals surface area contributed by atoms with Crippen LogP contribution in [0.5, 0.6) is 0 Å². The lowest BCUT2D eigenvalue weighted by Crippen LogP contribution is -2.00. The van der Waals surface area contributed by atoms with Gasteiger partial charge in [-0.3, -0.25) is 0 Å². The number of para-hydroxylation sites is 1. The fourth-order valence-electron chi connectivity index (χ4n) is 2.48. The van der Waals surface area contributed by atoms with E-state index in [2.05, 4.69) is 10.6 Å². The van der Waals surface area contributed by atoms with Crippen LogP contribution in [-0.2, 0) is 9.84 Å². The van der Waals surface area contributed by atoms with Crippen molar-refractivity contribution in [2.75, 3.05) is 6.26 Å². The molecule has 0 aliphatic heterocycles. The number of hydrogen-bond donors (Lipinski definition) is 0. The predicted octanol–water partition coefficient (Wildman–Crippen LogP) is 3.66. The summed E-state index contributed by atoms with van der Waals surface area (Å²) in [6.07, 6.45) is 1.22. The highest BCUT2D eigenvalue weighted by Crippen LogP contribution is 2.27. The Morgan fingerprint density at radius 3 is 2.27 bits per heavy atom. The first-order valence-electron chi connectivity index (χ1n) is 6.93. The topological polar surface area (TPSA) is 39.1 Å². The van der Waals surface area contributed by atoms with Crippen LogP contribution >= 0.6 is 0 Å². The van der Waals surface area contributed by atoms with E-state index in [1.165, 1.54) is 6.26 Å². The number of aromatic nitrogens is 1. The molecule has 0 atom stereocenters. The van der Waals surface area contributed by atoms with Gasteiger partial charge < -0.3 is 4.57 Å². The number of hydrogen-bond acceptors (Lipinski definition) is 2. The van der Waals surface area contributed by atoms with Crippen LogP contribution in [0.15, 0.2) is 65.6 Å². The summed E-state index contributed by atoms with van der Waals surface area (Å²) >= 11 is 0. The van der Waals surface area contributed by atoms with Crippen LogP contribution in [0.4, 0.5) is 0 Å². The van der Waals surface area contributed by atoms with E-state index in [0.29, 0.717) is 4.90 Å². The van der Waals surface area contributed by atoms with Crippen molar-refractivity contribution in [3.63, 3.8) is 0 Å². The Labute approximate surface area is 130 Å². The molecule has 0 unspecified atom stereocenters. The molecule has 1 radical (unpaired) electrons. The molecule has 2 aromatic carbocycles. The van der Waals surface area contributed by atoms with Gasteiger partial charge in [-0.15, -0.1) is 0 Å². The lowest BCUT2D eigenvalue weighted by atomic mass is 10.1. The molecule has 3 aromatic rings. The van der Waals surface area contributed by atoms with Crippen LogP contribution in [0.1, 0.15) is 5.69 Å². The molecule has 1 heterocycles. The molecule has 0 spiro atoms. The van der Waals surface area contributed by atoms with Gasteiger partial charge in [0.1, 0.15) is 0 Å². The molecule has 22 heavy (non-hydrogen) atoms. The molecule has 0 bridgehead atoms. The van der Waals surface area contributed by atoms with Gasteiger partial charge in [-0.25, -0.2) is 8.42 Å². The lowest BCUT2D eigenvalue weighted by Gasteiger charge is -2.12. The number of benzene rings is 2. The van der Waals surface area contributed by atoms with Crippen molar-refractivity contribution in [2.24, 2.45) is 0 Å². The van der Waals surface area contributed by atoms with E-state index in [4.69, 9.17) is 0 Å². The van der Waals surface area contributed by atoms with Gasteiger partial charge in [0, 0.05) is 18.0 Å². The van der Waals surface area contributed by atoms with Crippen LogP contribution in [0.25, 0.3) is 16.9 Å². The summed E-state index contributed by atoms with van der Waals surface area (Å²) in [6.45, 7) is 2.04. The van der Waals surface area contributed by atoms with Crippen molar-refractivity contribution in [3.05, 3.63) is 72.4 Å². The second kappa shape index (κ2) is 5.46. The first kappa shape index (κ1) is 14.6. The minimum absolute atomic E-state index is 0.331. The monoisotopic (exact) mass is 310 g/mol. The van der Waals surface area contributed by atoms with Gasteiger partial charge in [-0.05, 0) is 42.8 Å². The Hall–Kier alpha value is -2.33. The second-order valence-electron chi connectivity index (χ2n) is 5.24. The smallest absolute Gasteiger partial charge is 0.175 e. The Kier molecular flexibility index (Phi) is 3.62. The Balaban J connectivity index is 2.11. The fraction of sp³-hybridized carbons (Fsp3) is 0.111. The van der Waals surface area contributed by atoms with E-state index >= 15 is 0 Å². The summed E-state index contributed by atoms with van der Waals surface area (Å²) in [5.74, 6) is 0. The molecule has 3 rings (SSSR count). The van der Waals surface area contributed by atoms with Crippen molar-refractivity contribution in [2.45, 2.75) is 11.8 Å². The molecule has 1 aromatic heterocycles. The van der Waals surface area contributed by atoms with Crippen LogP contribution in [0.2, 0.25) is 0 Å². The van der Waals surface area contributed by atoms with Gasteiger partial charge in [-0.1, -0.05) is 30.3 Å². The summed E-state index contributed by atoms with van der Waals surface area (Å²) in [5.41, 5.74) is 4.05. The number of sulfone groups is 1.